The van der Waals surface area contributed by atoms with Gasteiger partial charge in [-0.1, -0.05) is 26.8 Å². The highest BCUT2D eigenvalue weighted by atomic mass is 32.1. The minimum Gasteiger partial charge on any atom is -0.330 e. The van der Waals surface area contributed by atoms with E-state index in [9.17, 15) is 0 Å². The van der Waals surface area contributed by atoms with Crippen LogP contribution in [0.4, 0.5) is 0 Å². The Hall–Kier alpha value is -0.340. The van der Waals surface area contributed by atoms with Crippen LogP contribution >= 0.6 is 11.3 Å². The molecule has 1 saturated carbocycles. The fourth-order valence-corrected chi connectivity index (χ4v) is 4.16. The Kier molecular flexibility index (Phi) is 4.50. The molecule has 2 heteroatoms. The summed E-state index contributed by atoms with van der Waals surface area (Å²) in [5.74, 6) is 2.41. The van der Waals surface area contributed by atoms with E-state index in [1.807, 2.05) is 11.3 Å². The molecule has 0 bridgehead atoms. The molecule has 1 aliphatic carbocycles. The van der Waals surface area contributed by atoms with E-state index < -0.39 is 0 Å². The van der Waals surface area contributed by atoms with Crippen LogP contribution in [0.5, 0.6) is 0 Å². The molecule has 1 heterocycles. The van der Waals surface area contributed by atoms with Gasteiger partial charge in [-0.25, -0.2) is 0 Å². The standard InChI is InChI=1S/C16H27NS/c1-16(2,3)14-7-6-12(11-17)13(9-14)10-15-5-4-8-18-15/h4-5,8,12-14H,6-7,9-11,17H2,1-3H3. The number of rotatable bonds is 3. The van der Waals surface area contributed by atoms with Crippen molar-refractivity contribution in [1.82, 2.24) is 0 Å². The van der Waals surface area contributed by atoms with E-state index in [2.05, 4.69) is 38.3 Å². The van der Waals surface area contributed by atoms with Crippen LogP contribution in [-0.4, -0.2) is 6.54 Å². The van der Waals surface area contributed by atoms with Crippen LogP contribution in [0.25, 0.3) is 0 Å². The largest absolute Gasteiger partial charge is 0.330 e. The zero-order valence-corrected chi connectivity index (χ0v) is 12.8. The molecule has 0 amide bonds. The van der Waals surface area contributed by atoms with Gasteiger partial charge < -0.3 is 5.73 Å². The minimum atomic E-state index is 0.452. The van der Waals surface area contributed by atoms with Crippen LogP contribution in [0.1, 0.15) is 44.9 Å². The van der Waals surface area contributed by atoms with Gasteiger partial charge in [0.1, 0.15) is 0 Å². The van der Waals surface area contributed by atoms with Crippen LogP contribution < -0.4 is 5.73 Å². The molecule has 0 aromatic carbocycles. The fourth-order valence-electron chi connectivity index (χ4n) is 3.36. The highest BCUT2D eigenvalue weighted by Crippen LogP contribution is 2.43. The summed E-state index contributed by atoms with van der Waals surface area (Å²) < 4.78 is 0. The summed E-state index contributed by atoms with van der Waals surface area (Å²) in [7, 11) is 0. The molecular formula is C16H27NS. The molecule has 3 unspecified atom stereocenters. The molecular weight excluding hydrogens is 238 g/mol. The number of hydrogen-bond donors (Lipinski definition) is 1. The van der Waals surface area contributed by atoms with Crippen LogP contribution in [0, 0.1) is 23.2 Å². The molecule has 0 spiro atoms. The van der Waals surface area contributed by atoms with Gasteiger partial charge >= 0.3 is 0 Å². The molecule has 3 atom stereocenters. The van der Waals surface area contributed by atoms with Gasteiger partial charge in [0.2, 0.25) is 0 Å². The van der Waals surface area contributed by atoms with Crippen molar-refractivity contribution in [3.63, 3.8) is 0 Å². The predicted molar refractivity (Wildman–Crippen MR) is 80.9 cm³/mol. The van der Waals surface area contributed by atoms with Gasteiger partial charge in [-0.2, -0.15) is 0 Å². The summed E-state index contributed by atoms with van der Waals surface area (Å²) in [6.07, 6.45) is 5.30. The molecule has 0 radical (unpaired) electrons. The van der Waals surface area contributed by atoms with Gasteiger partial charge in [-0.3, -0.25) is 0 Å². The molecule has 0 aliphatic heterocycles. The maximum absolute atomic E-state index is 5.98. The summed E-state index contributed by atoms with van der Waals surface area (Å²) in [4.78, 5) is 1.54. The lowest BCUT2D eigenvalue weighted by atomic mass is 9.65. The topological polar surface area (TPSA) is 26.0 Å². The van der Waals surface area contributed by atoms with Crippen LogP contribution in [0.3, 0.4) is 0 Å². The van der Waals surface area contributed by atoms with E-state index in [0.717, 1.165) is 24.3 Å². The Morgan fingerprint density at radius 2 is 2.06 bits per heavy atom. The normalized spacial score (nSPS) is 29.4. The lowest BCUT2D eigenvalue weighted by Crippen LogP contribution is -2.35. The Morgan fingerprint density at radius 1 is 1.28 bits per heavy atom. The van der Waals surface area contributed by atoms with Crippen LogP contribution in [0.2, 0.25) is 0 Å². The first-order valence-corrected chi connectivity index (χ1v) is 8.11. The maximum atomic E-state index is 5.98. The van der Waals surface area contributed by atoms with Crippen molar-refractivity contribution in [2.45, 2.75) is 46.5 Å². The molecule has 102 valence electrons. The van der Waals surface area contributed by atoms with Gasteiger partial charge in [0, 0.05) is 4.88 Å². The lowest BCUT2D eigenvalue weighted by Gasteiger charge is -2.41. The van der Waals surface area contributed by atoms with E-state index in [4.69, 9.17) is 5.73 Å². The number of thiophene rings is 1. The first kappa shape index (κ1) is 14.1. The molecule has 0 saturated heterocycles. The van der Waals surface area contributed by atoms with E-state index in [-0.39, 0.29) is 0 Å². The lowest BCUT2D eigenvalue weighted by molar-refractivity contribution is 0.101. The zero-order valence-electron chi connectivity index (χ0n) is 12.0. The van der Waals surface area contributed by atoms with E-state index in [1.54, 1.807) is 0 Å². The van der Waals surface area contributed by atoms with Gasteiger partial charge in [0.25, 0.3) is 0 Å². The van der Waals surface area contributed by atoms with Crippen LogP contribution in [0.15, 0.2) is 17.5 Å². The summed E-state index contributed by atoms with van der Waals surface area (Å²) >= 11 is 1.90. The van der Waals surface area contributed by atoms with Gasteiger partial charge in [-0.05, 0) is 66.8 Å². The molecule has 1 fully saturated rings. The van der Waals surface area contributed by atoms with E-state index >= 15 is 0 Å². The average Bonchev–Trinajstić information content (AvgIpc) is 2.80. The molecule has 18 heavy (non-hydrogen) atoms. The molecule has 1 aromatic rings. The monoisotopic (exact) mass is 265 g/mol. The maximum Gasteiger partial charge on any atom is 0.00480 e. The number of hydrogen-bond acceptors (Lipinski definition) is 2. The van der Waals surface area contributed by atoms with Crippen molar-refractivity contribution >= 4 is 11.3 Å². The third-order valence-corrected chi connectivity index (χ3v) is 5.61. The van der Waals surface area contributed by atoms with Crippen molar-refractivity contribution in [2.24, 2.45) is 28.9 Å². The Labute approximate surface area is 116 Å². The summed E-state index contributed by atoms with van der Waals surface area (Å²) in [6, 6.07) is 4.44. The van der Waals surface area contributed by atoms with Crippen molar-refractivity contribution in [1.29, 1.82) is 0 Å². The fraction of sp³-hybridized carbons (Fsp3) is 0.750. The number of nitrogens with two attached hydrogens (primary N) is 1. The molecule has 1 nitrogen and oxygen atoms in total. The van der Waals surface area contributed by atoms with E-state index in [0.29, 0.717) is 5.41 Å². The Balaban J connectivity index is 2.04. The Bertz CT molecular complexity index is 350. The molecule has 1 aromatic heterocycles. The summed E-state index contributed by atoms with van der Waals surface area (Å²) in [5, 5.41) is 2.19. The highest BCUT2D eigenvalue weighted by molar-refractivity contribution is 7.09. The smallest absolute Gasteiger partial charge is 0.00480 e. The second kappa shape index (κ2) is 5.75. The van der Waals surface area contributed by atoms with Crippen LogP contribution in [-0.2, 0) is 6.42 Å². The quantitative estimate of drug-likeness (QED) is 0.865. The third-order valence-electron chi connectivity index (χ3n) is 4.71. The minimum absolute atomic E-state index is 0.452. The predicted octanol–water partition coefficient (Wildman–Crippen LogP) is 4.33. The summed E-state index contributed by atoms with van der Waals surface area (Å²) in [6.45, 7) is 8.04. The second-order valence-corrected chi connectivity index (χ2v) is 7.95. The van der Waals surface area contributed by atoms with Gasteiger partial charge in [0.15, 0.2) is 0 Å². The Morgan fingerprint density at radius 3 is 2.61 bits per heavy atom. The molecule has 1 aliphatic rings. The zero-order chi connectivity index (χ0) is 13.2. The first-order chi connectivity index (χ1) is 8.50. The van der Waals surface area contributed by atoms with Gasteiger partial charge in [-0.15, -0.1) is 11.3 Å². The summed E-state index contributed by atoms with van der Waals surface area (Å²) in [5.41, 5.74) is 6.43. The van der Waals surface area contributed by atoms with Gasteiger partial charge in [0.05, 0.1) is 0 Å². The van der Waals surface area contributed by atoms with Crippen molar-refractivity contribution in [3.8, 4) is 0 Å². The van der Waals surface area contributed by atoms with Crippen molar-refractivity contribution in [3.05, 3.63) is 22.4 Å². The SMILES string of the molecule is CC(C)(C)C1CCC(CN)C(Cc2cccs2)C1. The van der Waals surface area contributed by atoms with Crippen molar-refractivity contribution in [2.75, 3.05) is 6.54 Å². The van der Waals surface area contributed by atoms with E-state index in [1.165, 1.54) is 30.6 Å². The third kappa shape index (κ3) is 3.36. The molecule has 2 N–H and O–H groups in total. The van der Waals surface area contributed by atoms with Crippen molar-refractivity contribution < 1.29 is 0 Å². The second-order valence-electron chi connectivity index (χ2n) is 6.92. The molecule has 2 rings (SSSR count). The highest BCUT2D eigenvalue weighted by Gasteiger charge is 2.35. The first-order valence-electron chi connectivity index (χ1n) is 7.23. The average molecular weight is 265 g/mol.